The summed E-state index contributed by atoms with van der Waals surface area (Å²) in [6.45, 7) is 4.36. The Morgan fingerprint density at radius 3 is 1.67 bits per heavy atom. The number of allylic oxidation sites excluding steroid dienone is 8. The highest BCUT2D eigenvalue weighted by Gasteiger charge is 2.36. The monoisotopic (exact) mass is 394 g/mol. The zero-order valence-electron chi connectivity index (χ0n) is 17.6. The standard InChI is InChI=1S/C28H26O2/c1-3-11-21-22(12-4-2)25(21)23-17-18-24(27(29)19-13-7-5-8-14-19)26(23)28(30)20-15-9-6-10-16-20/h5-10,13-18H,3-4,11-12H2,1-2H3. The van der Waals surface area contributed by atoms with E-state index in [-0.39, 0.29) is 11.6 Å². The Labute approximate surface area is 178 Å². The fraction of sp³-hybridized carbons (Fsp3) is 0.214. The molecule has 0 N–H and O–H groups in total. The molecule has 0 aliphatic heterocycles. The zero-order chi connectivity index (χ0) is 21.1. The molecule has 2 aromatic carbocycles. The molecule has 4 rings (SSSR count). The van der Waals surface area contributed by atoms with E-state index in [9.17, 15) is 9.59 Å². The number of Topliss-reactive ketones (excluding diaryl/α,β-unsaturated/α-hetero) is 2. The van der Waals surface area contributed by atoms with E-state index in [0.717, 1.165) is 31.3 Å². The van der Waals surface area contributed by atoms with Crippen LogP contribution >= 0.6 is 0 Å². The highest BCUT2D eigenvalue weighted by Crippen LogP contribution is 2.50. The maximum Gasteiger partial charge on any atom is 0.194 e. The van der Waals surface area contributed by atoms with Gasteiger partial charge in [0.15, 0.2) is 11.6 Å². The Bertz CT molecular complexity index is 1090. The summed E-state index contributed by atoms with van der Waals surface area (Å²) in [7, 11) is 0. The Morgan fingerprint density at radius 1 is 0.667 bits per heavy atom. The minimum absolute atomic E-state index is 0.0824. The number of carbonyl (C=O) groups excluding carboxylic acids is 2. The molecule has 0 bridgehead atoms. The van der Waals surface area contributed by atoms with Crippen LogP contribution in [0.25, 0.3) is 0 Å². The third kappa shape index (κ3) is 3.66. The van der Waals surface area contributed by atoms with Gasteiger partial charge in [0.1, 0.15) is 0 Å². The molecule has 0 fully saturated rings. The Kier molecular flexibility index (Phi) is 5.76. The molecule has 2 nitrogen and oxygen atoms in total. The van der Waals surface area contributed by atoms with Crippen molar-refractivity contribution in [2.75, 3.05) is 0 Å². The van der Waals surface area contributed by atoms with Crippen molar-refractivity contribution in [1.82, 2.24) is 0 Å². The van der Waals surface area contributed by atoms with Gasteiger partial charge in [-0.15, -0.1) is 0 Å². The van der Waals surface area contributed by atoms with Crippen LogP contribution in [0.15, 0.2) is 106 Å². The van der Waals surface area contributed by atoms with Gasteiger partial charge in [-0.3, -0.25) is 9.59 Å². The average Bonchev–Trinajstić information content (AvgIpc) is 3.27. The second-order valence-corrected chi connectivity index (χ2v) is 7.76. The average molecular weight is 395 g/mol. The van der Waals surface area contributed by atoms with Crippen LogP contribution in [0.2, 0.25) is 0 Å². The van der Waals surface area contributed by atoms with Crippen LogP contribution < -0.4 is 0 Å². The molecule has 0 spiro atoms. The molecule has 30 heavy (non-hydrogen) atoms. The van der Waals surface area contributed by atoms with Crippen molar-refractivity contribution in [2.45, 2.75) is 39.5 Å². The van der Waals surface area contributed by atoms with E-state index in [0.29, 0.717) is 22.3 Å². The Morgan fingerprint density at radius 2 is 1.17 bits per heavy atom. The summed E-state index contributed by atoms with van der Waals surface area (Å²) in [5.74, 6) is -0.183. The second kappa shape index (κ2) is 8.62. The third-order valence-corrected chi connectivity index (χ3v) is 5.67. The van der Waals surface area contributed by atoms with Crippen molar-refractivity contribution in [3.63, 3.8) is 0 Å². The summed E-state index contributed by atoms with van der Waals surface area (Å²) < 4.78 is 0. The van der Waals surface area contributed by atoms with E-state index in [1.165, 1.54) is 16.7 Å². The molecule has 0 atom stereocenters. The van der Waals surface area contributed by atoms with Crippen LogP contribution in [0.3, 0.4) is 0 Å². The van der Waals surface area contributed by atoms with Gasteiger partial charge in [-0.2, -0.15) is 0 Å². The maximum absolute atomic E-state index is 13.6. The minimum Gasteiger partial charge on any atom is -0.289 e. The summed E-state index contributed by atoms with van der Waals surface area (Å²) >= 11 is 0. The fourth-order valence-electron chi connectivity index (χ4n) is 4.25. The van der Waals surface area contributed by atoms with Gasteiger partial charge in [-0.1, -0.05) is 93.4 Å². The first-order chi connectivity index (χ1) is 14.7. The van der Waals surface area contributed by atoms with Gasteiger partial charge in [0.25, 0.3) is 0 Å². The molecule has 0 saturated heterocycles. The zero-order valence-corrected chi connectivity index (χ0v) is 17.6. The summed E-state index contributed by atoms with van der Waals surface area (Å²) in [5, 5.41) is 0. The lowest BCUT2D eigenvalue weighted by molar-refractivity contribution is 0.100. The van der Waals surface area contributed by atoms with Crippen molar-refractivity contribution in [2.24, 2.45) is 0 Å². The predicted molar refractivity (Wildman–Crippen MR) is 122 cm³/mol. The van der Waals surface area contributed by atoms with E-state index < -0.39 is 0 Å². The van der Waals surface area contributed by atoms with Gasteiger partial charge in [0.2, 0.25) is 0 Å². The molecule has 2 aliphatic rings. The molecule has 0 heterocycles. The molecule has 0 saturated carbocycles. The normalized spacial score (nSPS) is 15.3. The van der Waals surface area contributed by atoms with E-state index >= 15 is 0 Å². The largest absolute Gasteiger partial charge is 0.289 e. The molecule has 2 heteroatoms. The molecule has 0 amide bonds. The highest BCUT2D eigenvalue weighted by atomic mass is 16.1. The lowest BCUT2D eigenvalue weighted by Gasteiger charge is -2.09. The summed E-state index contributed by atoms with van der Waals surface area (Å²) in [6.07, 6.45) is 8.00. The first kappa shape index (κ1) is 20.0. The van der Waals surface area contributed by atoms with Crippen molar-refractivity contribution < 1.29 is 9.59 Å². The predicted octanol–water partition coefficient (Wildman–Crippen LogP) is 6.83. The van der Waals surface area contributed by atoms with Gasteiger partial charge in [-0.05, 0) is 41.2 Å². The third-order valence-electron chi connectivity index (χ3n) is 5.67. The first-order valence-corrected chi connectivity index (χ1v) is 10.8. The molecule has 150 valence electrons. The van der Waals surface area contributed by atoms with Crippen LogP contribution in [0, 0.1) is 0 Å². The van der Waals surface area contributed by atoms with Gasteiger partial charge in [-0.25, -0.2) is 0 Å². The quantitative estimate of drug-likeness (QED) is 0.460. The number of hydrogen-bond donors (Lipinski definition) is 0. The van der Waals surface area contributed by atoms with Crippen molar-refractivity contribution in [1.29, 1.82) is 0 Å². The summed E-state index contributed by atoms with van der Waals surface area (Å²) in [6, 6.07) is 18.5. The minimum atomic E-state index is -0.100. The van der Waals surface area contributed by atoms with Crippen LogP contribution in [0.4, 0.5) is 0 Å². The second-order valence-electron chi connectivity index (χ2n) is 7.76. The topological polar surface area (TPSA) is 34.1 Å². The lowest BCUT2D eigenvalue weighted by Crippen LogP contribution is -2.11. The van der Waals surface area contributed by atoms with E-state index in [4.69, 9.17) is 0 Å². The molecule has 2 aliphatic carbocycles. The number of rotatable bonds is 8. The fourth-order valence-corrected chi connectivity index (χ4v) is 4.25. The van der Waals surface area contributed by atoms with Gasteiger partial charge < -0.3 is 0 Å². The molecule has 0 radical (unpaired) electrons. The first-order valence-electron chi connectivity index (χ1n) is 10.8. The number of ketones is 2. The SMILES string of the molecule is CCCC1=C(CCC)C1=C1C=CC(C(=O)c2ccccc2)=C1C(=O)c1ccccc1. The van der Waals surface area contributed by atoms with Crippen molar-refractivity contribution in [3.05, 3.63) is 117 Å². The van der Waals surface area contributed by atoms with Crippen molar-refractivity contribution >= 4 is 11.6 Å². The van der Waals surface area contributed by atoms with Crippen LogP contribution in [-0.2, 0) is 0 Å². The van der Waals surface area contributed by atoms with E-state index in [2.05, 4.69) is 13.8 Å². The maximum atomic E-state index is 13.6. The van der Waals surface area contributed by atoms with Crippen LogP contribution in [0.5, 0.6) is 0 Å². The molecular formula is C28H26O2. The smallest absolute Gasteiger partial charge is 0.194 e. The molecule has 0 unspecified atom stereocenters. The number of hydrogen-bond acceptors (Lipinski definition) is 2. The van der Waals surface area contributed by atoms with E-state index in [1.807, 2.05) is 60.7 Å². The highest BCUT2D eigenvalue weighted by molar-refractivity contribution is 6.23. The van der Waals surface area contributed by atoms with Crippen LogP contribution in [0.1, 0.15) is 60.2 Å². The van der Waals surface area contributed by atoms with Gasteiger partial charge in [0, 0.05) is 22.3 Å². The summed E-state index contributed by atoms with van der Waals surface area (Å²) in [4.78, 5) is 26.9. The van der Waals surface area contributed by atoms with Crippen LogP contribution in [-0.4, -0.2) is 11.6 Å². The summed E-state index contributed by atoms with van der Waals surface area (Å²) in [5.41, 5.74) is 7.16. The Hall–Kier alpha value is -3.26. The Balaban J connectivity index is 1.83. The lowest BCUT2D eigenvalue weighted by atomic mass is 9.91. The molecule has 2 aromatic rings. The van der Waals surface area contributed by atoms with E-state index in [1.54, 1.807) is 12.1 Å². The van der Waals surface area contributed by atoms with Gasteiger partial charge >= 0.3 is 0 Å². The molecule has 0 aromatic heterocycles. The number of benzene rings is 2. The molecular weight excluding hydrogens is 368 g/mol. The number of carbonyl (C=O) groups is 2. The van der Waals surface area contributed by atoms with Crippen molar-refractivity contribution in [3.8, 4) is 0 Å². The van der Waals surface area contributed by atoms with Gasteiger partial charge in [0.05, 0.1) is 0 Å².